The Morgan fingerprint density at radius 1 is 1.23 bits per heavy atom. The highest BCUT2D eigenvalue weighted by Gasteiger charge is 2.48. The van der Waals surface area contributed by atoms with Crippen LogP contribution in [-0.4, -0.2) is 6.18 Å². The summed E-state index contributed by atoms with van der Waals surface area (Å²) in [5, 5.41) is 0. The summed E-state index contributed by atoms with van der Waals surface area (Å²) < 4.78 is 37.6. The SMILES string of the molecule is CC(C)(C1=C[CH]CC=C1)C(F)(F)F. The van der Waals surface area contributed by atoms with Crippen molar-refractivity contribution in [2.45, 2.75) is 26.4 Å². The fraction of sp³-hybridized carbons (Fsp3) is 0.500. The first-order chi connectivity index (χ1) is 5.86. The molecule has 0 atom stereocenters. The van der Waals surface area contributed by atoms with Crippen molar-refractivity contribution < 1.29 is 13.2 Å². The number of alkyl halides is 3. The molecular formula is C10H12F3. The molecule has 3 heteroatoms. The molecule has 0 aromatic carbocycles. The van der Waals surface area contributed by atoms with E-state index in [0.29, 0.717) is 5.57 Å². The van der Waals surface area contributed by atoms with Gasteiger partial charge in [-0.2, -0.15) is 13.2 Å². The molecule has 13 heavy (non-hydrogen) atoms. The lowest BCUT2D eigenvalue weighted by molar-refractivity contribution is -0.196. The molecule has 0 N–H and O–H groups in total. The monoisotopic (exact) mass is 189 g/mol. The largest absolute Gasteiger partial charge is 0.397 e. The summed E-state index contributed by atoms with van der Waals surface area (Å²) in [6, 6.07) is 0. The van der Waals surface area contributed by atoms with Gasteiger partial charge in [0.25, 0.3) is 0 Å². The molecule has 0 saturated heterocycles. The molecule has 0 nitrogen and oxygen atoms in total. The maximum absolute atomic E-state index is 12.5. The van der Waals surface area contributed by atoms with Crippen LogP contribution in [0.5, 0.6) is 0 Å². The van der Waals surface area contributed by atoms with Gasteiger partial charge >= 0.3 is 6.18 Å². The Bertz CT molecular complexity index is 243. The van der Waals surface area contributed by atoms with Crippen molar-refractivity contribution in [3.8, 4) is 0 Å². The molecule has 0 aliphatic heterocycles. The second kappa shape index (κ2) is 3.20. The van der Waals surface area contributed by atoms with Crippen molar-refractivity contribution in [3.63, 3.8) is 0 Å². The summed E-state index contributed by atoms with van der Waals surface area (Å²) in [6.07, 6.45) is 3.11. The molecule has 0 heterocycles. The third kappa shape index (κ3) is 1.95. The van der Waals surface area contributed by atoms with Gasteiger partial charge in [-0.15, -0.1) is 0 Å². The molecule has 1 aliphatic rings. The van der Waals surface area contributed by atoms with E-state index in [-0.39, 0.29) is 0 Å². The predicted molar refractivity (Wildman–Crippen MR) is 46.0 cm³/mol. The average molecular weight is 189 g/mol. The van der Waals surface area contributed by atoms with Gasteiger partial charge < -0.3 is 0 Å². The Hall–Kier alpha value is -0.730. The van der Waals surface area contributed by atoms with Crippen molar-refractivity contribution in [2.24, 2.45) is 5.41 Å². The summed E-state index contributed by atoms with van der Waals surface area (Å²) in [5.74, 6) is 0. The lowest BCUT2D eigenvalue weighted by atomic mass is 9.81. The van der Waals surface area contributed by atoms with E-state index in [1.807, 2.05) is 0 Å². The van der Waals surface area contributed by atoms with Gasteiger partial charge in [0.1, 0.15) is 0 Å². The van der Waals surface area contributed by atoms with Crippen molar-refractivity contribution in [3.05, 3.63) is 30.2 Å². The van der Waals surface area contributed by atoms with Crippen LogP contribution in [-0.2, 0) is 0 Å². The maximum atomic E-state index is 12.5. The minimum absolute atomic E-state index is 0.325. The molecule has 73 valence electrons. The zero-order chi connectivity index (χ0) is 10.1. The van der Waals surface area contributed by atoms with Gasteiger partial charge in [-0.3, -0.25) is 0 Å². The normalized spacial score (nSPS) is 18.7. The first-order valence-corrected chi connectivity index (χ1v) is 4.13. The van der Waals surface area contributed by atoms with E-state index in [2.05, 4.69) is 0 Å². The summed E-state index contributed by atoms with van der Waals surface area (Å²) in [7, 11) is 0. The Morgan fingerprint density at radius 2 is 1.85 bits per heavy atom. The molecule has 0 aromatic rings. The molecule has 1 radical (unpaired) electrons. The van der Waals surface area contributed by atoms with Gasteiger partial charge in [0, 0.05) is 0 Å². The molecule has 0 amide bonds. The van der Waals surface area contributed by atoms with Crippen molar-refractivity contribution in [1.29, 1.82) is 0 Å². The maximum Gasteiger partial charge on any atom is 0.397 e. The van der Waals surface area contributed by atoms with Crippen molar-refractivity contribution in [2.75, 3.05) is 0 Å². The van der Waals surface area contributed by atoms with E-state index in [9.17, 15) is 13.2 Å². The van der Waals surface area contributed by atoms with E-state index in [1.165, 1.54) is 13.8 Å². The molecular weight excluding hydrogens is 177 g/mol. The third-order valence-corrected chi connectivity index (χ3v) is 2.30. The minimum Gasteiger partial charge on any atom is -0.170 e. The van der Waals surface area contributed by atoms with E-state index in [1.54, 1.807) is 24.6 Å². The smallest absolute Gasteiger partial charge is 0.170 e. The summed E-state index contributed by atoms with van der Waals surface area (Å²) in [5.41, 5.74) is -1.42. The van der Waals surface area contributed by atoms with Crippen LogP contribution < -0.4 is 0 Å². The number of hydrogen-bond donors (Lipinski definition) is 0. The van der Waals surface area contributed by atoms with E-state index in [4.69, 9.17) is 0 Å². The highest BCUT2D eigenvalue weighted by atomic mass is 19.4. The summed E-state index contributed by atoms with van der Waals surface area (Å²) in [4.78, 5) is 0. The van der Waals surface area contributed by atoms with E-state index >= 15 is 0 Å². The van der Waals surface area contributed by atoms with E-state index in [0.717, 1.165) is 6.42 Å². The van der Waals surface area contributed by atoms with Gasteiger partial charge in [0.15, 0.2) is 0 Å². The summed E-state index contributed by atoms with van der Waals surface area (Å²) in [6.45, 7) is 2.39. The van der Waals surface area contributed by atoms with Gasteiger partial charge in [-0.05, 0) is 32.3 Å². The Labute approximate surface area is 76.1 Å². The van der Waals surface area contributed by atoms with Gasteiger partial charge in [-0.25, -0.2) is 0 Å². The Kier molecular flexibility index (Phi) is 2.55. The van der Waals surface area contributed by atoms with E-state index < -0.39 is 11.6 Å². The zero-order valence-electron chi connectivity index (χ0n) is 7.65. The summed E-state index contributed by atoms with van der Waals surface area (Å²) >= 11 is 0. The number of hydrogen-bond acceptors (Lipinski definition) is 0. The third-order valence-electron chi connectivity index (χ3n) is 2.30. The molecule has 0 unspecified atom stereocenters. The van der Waals surface area contributed by atoms with Gasteiger partial charge in [-0.1, -0.05) is 18.2 Å². The first-order valence-electron chi connectivity index (χ1n) is 4.13. The van der Waals surface area contributed by atoms with Gasteiger partial charge in [0.05, 0.1) is 5.41 Å². The van der Waals surface area contributed by atoms with Crippen LogP contribution >= 0.6 is 0 Å². The topological polar surface area (TPSA) is 0 Å². The minimum atomic E-state index is -4.19. The van der Waals surface area contributed by atoms with Crippen LogP contribution in [0.15, 0.2) is 23.8 Å². The van der Waals surface area contributed by atoms with Crippen LogP contribution in [0.3, 0.4) is 0 Å². The van der Waals surface area contributed by atoms with Gasteiger partial charge in [0.2, 0.25) is 0 Å². The Balaban J connectivity index is 2.92. The molecule has 1 rings (SSSR count). The highest BCUT2D eigenvalue weighted by Crippen LogP contribution is 2.44. The van der Waals surface area contributed by atoms with Crippen LogP contribution in [0.4, 0.5) is 13.2 Å². The standard InChI is InChI=1S/C10H12F3/c1-9(2,10(11,12)13)8-6-4-3-5-7-8/h4-7H,3H2,1-2H3. The zero-order valence-corrected chi connectivity index (χ0v) is 7.65. The Morgan fingerprint density at radius 3 is 2.23 bits per heavy atom. The molecule has 0 saturated carbocycles. The molecule has 0 aromatic heterocycles. The number of rotatable bonds is 1. The fourth-order valence-electron chi connectivity index (χ4n) is 1.10. The molecule has 0 bridgehead atoms. The van der Waals surface area contributed by atoms with Crippen LogP contribution in [0.2, 0.25) is 0 Å². The van der Waals surface area contributed by atoms with Crippen LogP contribution in [0.25, 0.3) is 0 Å². The average Bonchev–Trinajstić information content (AvgIpc) is 2.04. The van der Waals surface area contributed by atoms with Crippen LogP contribution in [0, 0.1) is 11.8 Å². The quantitative estimate of drug-likeness (QED) is 0.590. The molecule has 0 spiro atoms. The lowest BCUT2D eigenvalue weighted by Crippen LogP contribution is -2.33. The van der Waals surface area contributed by atoms with Crippen molar-refractivity contribution >= 4 is 0 Å². The fourth-order valence-corrected chi connectivity index (χ4v) is 1.10. The second-order valence-electron chi connectivity index (χ2n) is 3.62. The first kappa shape index (κ1) is 10.4. The number of halogens is 3. The number of allylic oxidation sites excluding steroid dienone is 4. The molecule has 1 aliphatic carbocycles. The van der Waals surface area contributed by atoms with Crippen molar-refractivity contribution in [1.82, 2.24) is 0 Å². The highest BCUT2D eigenvalue weighted by molar-refractivity contribution is 5.33. The van der Waals surface area contributed by atoms with Crippen LogP contribution in [0.1, 0.15) is 20.3 Å². The molecule has 0 fully saturated rings. The predicted octanol–water partition coefficient (Wildman–Crippen LogP) is 3.67. The second-order valence-corrected chi connectivity index (χ2v) is 3.62. The lowest BCUT2D eigenvalue weighted by Gasteiger charge is -2.30.